The molecule has 2 aromatic carbocycles. The molecule has 1 aliphatic rings. The lowest BCUT2D eigenvalue weighted by Crippen LogP contribution is -2.51. The van der Waals surface area contributed by atoms with Crippen LogP contribution in [0.2, 0.25) is 0 Å². The summed E-state index contributed by atoms with van der Waals surface area (Å²) in [5.74, 6) is 0.858. The van der Waals surface area contributed by atoms with Crippen LogP contribution in [0.1, 0.15) is 57.4 Å². The highest BCUT2D eigenvalue weighted by Gasteiger charge is 2.35. The van der Waals surface area contributed by atoms with Crippen LogP contribution in [0.5, 0.6) is 5.75 Å². The van der Waals surface area contributed by atoms with E-state index in [2.05, 4.69) is 49.1 Å². The summed E-state index contributed by atoms with van der Waals surface area (Å²) in [5, 5.41) is 0. The molecule has 1 amide bonds. The van der Waals surface area contributed by atoms with Gasteiger partial charge in [0.2, 0.25) is 0 Å². The average molecular weight is 437 g/mol. The van der Waals surface area contributed by atoms with E-state index in [9.17, 15) is 4.79 Å². The van der Waals surface area contributed by atoms with E-state index in [1.54, 1.807) is 7.11 Å². The number of hydrogen-bond donors (Lipinski definition) is 0. The number of rotatable bonds is 5. The van der Waals surface area contributed by atoms with E-state index < -0.39 is 5.60 Å². The average Bonchev–Trinajstić information content (AvgIpc) is 2.73. The van der Waals surface area contributed by atoms with Gasteiger partial charge < -0.3 is 9.47 Å². The lowest BCUT2D eigenvalue weighted by molar-refractivity contribution is -0.00300. The molecule has 1 fully saturated rings. The molecule has 0 saturated carbocycles. The fourth-order valence-electron chi connectivity index (χ4n) is 4.03. The highest BCUT2D eigenvalue weighted by Crippen LogP contribution is 2.31. The largest absolute Gasteiger partial charge is 0.497 e. The zero-order valence-corrected chi connectivity index (χ0v) is 20.2. The third-order valence-electron chi connectivity index (χ3n) is 5.46. The van der Waals surface area contributed by atoms with Crippen molar-refractivity contribution in [1.82, 2.24) is 9.80 Å². The van der Waals surface area contributed by atoms with Gasteiger partial charge in [-0.3, -0.25) is 9.80 Å². The molecule has 0 aliphatic carbocycles. The van der Waals surface area contributed by atoms with Crippen LogP contribution < -0.4 is 4.74 Å². The van der Waals surface area contributed by atoms with Crippen LogP contribution in [0.3, 0.4) is 0 Å². The van der Waals surface area contributed by atoms with Crippen molar-refractivity contribution in [2.75, 3.05) is 26.7 Å². The molecule has 1 unspecified atom stereocenters. The van der Waals surface area contributed by atoms with Gasteiger partial charge >= 0.3 is 6.09 Å². The molecule has 0 radical (unpaired) electrons. The van der Waals surface area contributed by atoms with Gasteiger partial charge in [-0.1, -0.05) is 48.0 Å². The summed E-state index contributed by atoms with van der Waals surface area (Å²) >= 11 is 0. The predicted octanol–water partition coefficient (Wildman–Crippen LogP) is 5.91. The van der Waals surface area contributed by atoms with Crippen molar-refractivity contribution in [2.24, 2.45) is 0 Å². The van der Waals surface area contributed by atoms with E-state index in [1.165, 1.54) is 11.1 Å². The first-order valence-electron chi connectivity index (χ1n) is 11.2. The molecule has 1 heterocycles. The van der Waals surface area contributed by atoms with Crippen LogP contribution in [-0.2, 0) is 11.3 Å². The lowest BCUT2D eigenvalue weighted by Gasteiger charge is -2.42. The Hall–Kier alpha value is -2.79. The number of allylic oxidation sites excluding steroid dienone is 1. The number of amides is 1. The van der Waals surface area contributed by atoms with Crippen molar-refractivity contribution in [3.8, 4) is 5.75 Å². The summed E-state index contributed by atoms with van der Waals surface area (Å²) in [7, 11) is 1.68. The molecule has 3 rings (SSSR count). The Morgan fingerprint density at radius 3 is 2.38 bits per heavy atom. The maximum absolute atomic E-state index is 13.1. The Labute approximate surface area is 192 Å². The fourth-order valence-corrected chi connectivity index (χ4v) is 4.03. The zero-order chi connectivity index (χ0) is 23.3. The van der Waals surface area contributed by atoms with Gasteiger partial charge in [-0.25, -0.2) is 4.79 Å². The van der Waals surface area contributed by atoms with Crippen LogP contribution in [0.15, 0.2) is 54.1 Å². The molecule has 5 heteroatoms. The molecule has 1 aliphatic heterocycles. The lowest BCUT2D eigenvalue weighted by atomic mass is 9.95. The Balaban J connectivity index is 1.89. The first-order chi connectivity index (χ1) is 15.2. The molecule has 5 nitrogen and oxygen atoms in total. The maximum atomic E-state index is 13.1. The third-order valence-corrected chi connectivity index (χ3v) is 5.46. The van der Waals surface area contributed by atoms with Crippen molar-refractivity contribution in [2.45, 2.75) is 52.8 Å². The molecular weight excluding hydrogens is 400 g/mol. The molecule has 0 N–H and O–H groups in total. The second kappa shape index (κ2) is 10.2. The van der Waals surface area contributed by atoms with Crippen molar-refractivity contribution in [3.63, 3.8) is 0 Å². The summed E-state index contributed by atoms with van der Waals surface area (Å²) in [4.78, 5) is 17.4. The van der Waals surface area contributed by atoms with Gasteiger partial charge in [0.25, 0.3) is 0 Å². The minimum Gasteiger partial charge on any atom is -0.497 e. The third kappa shape index (κ3) is 6.36. The molecular formula is C27H36N2O3. The summed E-state index contributed by atoms with van der Waals surface area (Å²) in [5.41, 5.74) is 4.23. The number of benzene rings is 2. The van der Waals surface area contributed by atoms with Crippen molar-refractivity contribution >= 4 is 12.2 Å². The molecule has 172 valence electrons. The first-order valence-corrected chi connectivity index (χ1v) is 11.2. The molecule has 0 spiro atoms. The molecule has 0 aromatic heterocycles. The SMILES string of the molecule is COc1ccc(CN2CCN(C(=O)OC(C)(C)C)C(c3ccccc3C=C(C)C)C2)cc1. The van der Waals surface area contributed by atoms with E-state index in [-0.39, 0.29) is 12.1 Å². The summed E-state index contributed by atoms with van der Waals surface area (Å²) in [6.45, 7) is 12.9. The Bertz CT molecular complexity index is 940. The maximum Gasteiger partial charge on any atom is 0.410 e. The second-order valence-electron chi connectivity index (χ2n) is 9.62. The van der Waals surface area contributed by atoms with Crippen LogP contribution >= 0.6 is 0 Å². The first kappa shape index (κ1) is 23.9. The molecule has 32 heavy (non-hydrogen) atoms. The minimum atomic E-state index is -0.526. The van der Waals surface area contributed by atoms with Crippen molar-refractivity contribution < 1.29 is 14.3 Å². The number of piperazine rings is 1. The van der Waals surface area contributed by atoms with Gasteiger partial charge in [0, 0.05) is 26.2 Å². The molecule has 2 aromatic rings. The quantitative estimate of drug-likeness (QED) is 0.584. The van der Waals surface area contributed by atoms with E-state index >= 15 is 0 Å². The Morgan fingerprint density at radius 2 is 1.75 bits per heavy atom. The minimum absolute atomic E-state index is 0.0800. The van der Waals surface area contributed by atoms with Crippen LogP contribution in [-0.4, -0.2) is 48.2 Å². The smallest absolute Gasteiger partial charge is 0.410 e. The zero-order valence-electron chi connectivity index (χ0n) is 20.2. The highest BCUT2D eigenvalue weighted by atomic mass is 16.6. The van der Waals surface area contributed by atoms with Crippen LogP contribution in [0, 0.1) is 0 Å². The van der Waals surface area contributed by atoms with Gasteiger partial charge in [0.1, 0.15) is 11.4 Å². The van der Waals surface area contributed by atoms with Gasteiger partial charge in [-0.15, -0.1) is 0 Å². The monoisotopic (exact) mass is 436 g/mol. The van der Waals surface area contributed by atoms with Crippen LogP contribution in [0.4, 0.5) is 4.79 Å². The Morgan fingerprint density at radius 1 is 1.06 bits per heavy atom. The normalized spacial score (nSPS) is 17.1. The fraction of sp³-hybridized carbons (Fsp3) is 0.444. The van der Waals surface area contributed by atoms with Crippen molar-refractivity contribution in [1.29, 1.82) is 0 Å². The van der Waals surface area contributed by atoms with E-state index in [4.69, 9.17) is 9.47 Å². The number of hydrogen-bond acceptors (Lipinski definition) is 4. The second-order valence-corrected chi connectivity index (χ2v) is 9.62. The van der Waals surface area contributed by atoms with E-state index in [0.717, 1.165) is 36.5 Å². The molecule has 0 bridgehead atoms. The van der Waals surface area contributed by atoms with E-state index in [0.29, 0.717) is 6.54 Å². The Kier molecular flexibility index (Phi) is 7.62. The standard InChI is InChI=1S/C27H36N2O3/c1-20(2)17-22-9-7-8-10-24(22)25-19-28(18-21-11-13-23(31-6)14-12-21)15-16-29(25)26(30)32-27(3,4)5/h7-14,17,25H,15-16,18-19H2,1-6H3. The summed E-state index contributed by atoms with van der Waals surface area (Å²) in [6.07, 6.45) is 1.93. The van der Waals surface area contributed by atoms with Crippen LogP contribution in [0.25, 0.3) is 6.08 Å². The number of nitrogens with zero attached hydrogens (tertiary/aromatic N) is 2. The molecule has 1 saturated heterocycles. The number of methoxy groups -OCH3 is 1. The van der Waals surface area contributed by atoms with Gasteiger partial charge in [-0.05, 0) is 63.4 Å². The number of ether oxygens (including phenoxy) is 2. The summed E-state index contributed by atoms with van der Waals surface area (Å²) in [6, 6.07) is 16.5. The van der Waals surface area contributed by atoms with Gasteiger partial charge in [0.05, 0.1) is 13.2 Å². The van der Waals surface area contributed by atoms with Gasteiger partial charge in [0.15, 0.2) is 0 Å². The van der Waals surface area contributed by atoms with E-state index in [1.807, 2.05) is 49.9 Å². The predicted molar refractivity (Wildman–Crippen MR) is 130 cm³/mol. The van der Waals surface area contributed by atoms with Gasteiger partial charge in [-0.2, -0.15) is 0 Å². The molecule has 1 atom stereocenters. The number of carbonyl (C=O) groups is 1. The topological polar surface area (TPSA) is 42.0 Å². The highest BCUT2D eigenvalue weighted by molar-refractivity contribution is 5.70. The van der Waals surface area contributed by atoms with Crippen molar-refractivity contribution in [3.05, 3.63) is 70.8 Å². The summed E-state index contributed by atoms with van der Waals surface area (Å²) < 4.78 is 11.0. The number of carbonyl (C=O) groups excluding carboxylic acids is 1.